The minimum absolute atomic E-state index is 0. The van der Waals surface area contributed by atoms with Crippen LogP contribution >= 0.6 is 35.6 Å². The summed E-state index contributed by atoms with van der Waals surface area (Å²) in [5.74, 6) is 0.705. The van der Waals surface area contributed by atoms with Crippen LogP contribution in [0.15, 0.2) is 23.2 Å². The Hall–Kier alpha value is -0.910. The van der Waals surface area contributed by atoms with E-state index in [0.717, 1.165) is 45.8 Å². The molecule has 1 saturated heterocycles. The fourth-order valence-corrected chi connectivity index (χ4v) is 3.15. The number of benzene rings is 1. The maximum atomic E-state index is 12.5. The van der Waals surface area contributed by atoms with Crippen molar-refractivity contribution in [2.45, 2.75) is 20.1 Å². The number of piperazine rings is 1. The summed E-state index contributed by atoms with van der Waals surface area (Å²) in [6, 6.07) is 4.57. The average Bonchev–Trinajstić information content (AvgIpc) is 2.66. The summed E-state index contributed by atoms with van der Waals surface area (Å²) in [4.78, 5) is 9.02. The van der Waals surface area contributed by atoms with Crippen molar-refractivity contribution in [3.8, 4) is 5.75 Å². The average molecular weight is 532 g/mol. The van der Waals surface area contributed by atoms with E-state index in [1.165, 1.54) is 12.1 Å². The number of guanidine groups is 1. The van der Waals surface area contributed by atoms with Gasteiger partial charge in [0.15, 0.2) is 5.96 Å². The van der Waals surface area contributed by atoms with Gasteiger partial charge in [0.25, 0.3) is 0 Å². The van der Waals surface area contributed by atoms with Crippen LogP contribution in [0, 0.1) is 0 Å². The number of hydrogen-bond acceptors (Lipinski definition) is 4. The summed E-state index contributed by atoms with van der Waals surface area (Å²) in [5, 5.41) is 6.82. The van der Waals surface area contributed by atoms with Gasteiger partial charge in [0, 0.05) is 63.4 Å². The predicted molar refractivity (Wildman–Crippen MR) is 120 cm³/mol. The molecule has 6 nitrogen and oxygen atoms in total. The van der Waals surface area contributed by atoms with E-state index in [4.69, 9.17) is 11.6 Å². The van der Waals surface area contributed by atoms with Crippen LogP contribution in [0.5, 0.6) is 5.75 Å². The molecule has 0 unspecified atom stereocenters. The van der Waals surface area contributed by atoms with Crippen molar-refractivity contribution in [1.29, 1.82) is 0 Å². The standard InChI is InChI=1S/C18H28ClF2N5O.HI/c1-3-25-8-10-26(11-9-25)7-6-23-18(22-2)24-13-14-12-15(19)4-5-16(14)27-17(20)21;/h4-5,12,17H,3,6-11,13H2,1-2H3,(H2,22,23,24);1H. The molecule has 0 bridgehead atoms. The van der Waals surface area contributed by atoms with Crippen LogP contribution in [0.4, 0.5) is 8.78 Å². The van der Waals surface area contributed by atoms with Crippen LogP contribution in [-0.4, -0.2) is 75.2 Å². The van der Waals surface area contributed by atoms with Crippen LogP contribution in [0.25, 0.3) is 0 Å². The first-order chi connectivity index (χ1) is 13.0. The molecule has 2 N–H and O–H groups in total. The Bertz CT molecular complexity index is 616. The number of nitrogens with zero attached hydrogens (tertiary/aromatic N) is 3. The fraction of sp³-hybridized carbons (Fsp3) is 0.611. The van der Waals surface area contributed by atoms with Crippen LogP contribution < -0.4 is 15.4 Å². The molecule has 1 aliphatic rings. The zero-order valence-corrected chi connectivity index (χ0v) is 19.3. The smallest absolute Gasteiger partial charge is 0.387 e. The first kappa shape index (κ1) is 25.1. The van der Waals surface area contributed by atoms with Gasteiger partial charge < -0.3 is 20.3 Å². The molecule has 0 amide bonds. The number of halogens is 4. The summed E-state index contributed by atoms with van der Waals surface area (Å²) in [6.45, 7) is 6.70. The molecule has 28 heavy (non-hydrogen) atoms. The van der Waals surface area contributed by atoms with Gasteiger partial charge in [-0.15, -0.1) is 24.0 Å². The van der Waals surface area contributed by atoms with Crippen molar-refractivity contribution in [2.24, 2.45) is 4.99 Å². The SMILES string of the molecule is CCN1CCN(CCNC(=NC)NCc2cc(Cl)ccc2OC(F)F)CC1.I. The molecule has 1 heterocycles. The Morgan fingerprint density at radius 3 is 2.50 bits per heavy atom. The van der Waals surface area contributed by atoms with Crippen molar-refractivity contribution in [1.82, 2.24) is 20.4 Å². The van der Waals surface area contributed by atoms with Crippen molar-refractivity contribution in [2.75, 3.05) is 52.9 Å². The highest BCUT2D eigenvalue weighted by Gasteiger charge is 2.15. The van der Waals surface area contributed by atoms with Gasteiger partial charge in [-0.3, -0.25) is 9.89 Å². The minimum Gasteiger partial charge on any atom is -0.434 e. The summed E-state index contributed by atoms with van der Waals surface area (Å²) in [5.41, 5.74) is 0.543. The second-order valence-corrected chi connectivity index (χ2v) is 6.70. The number of likely N-dealkylation sites (N-methyl/N-ethyl adjacent to an activating group) is 1. The molecular weight excluding hydrogens is 503 g/mol. The number of nitrogens with one attached hydrogen (secondary N) is 2. The molecule has 0 saturated carbocycles. The zero-order valence-electron chi connectivity index (χ0n) is 16.3. The molecule has 0 atom stereocenters. The highest BCUT2D eigenvalue weighted by molar-refractivity contribution is 14.0. The molecule has 1 aromatic carbocycles. The number of aliphatic imine (C=N–C) groups is 1. The van der Waals surface area contributed by atoms with Gasteiger partial charge in [0.2, 0.25) is 0 Å². The van der Waals surface area contributed by atoms with E-state index >= 15 is 0 Å². The van der Waals surface area contributed by atoms with Gasteiger partial charge in [-0.05, 0) is 24.7 Å². The molecular formula is C18H29ClF2IN5O. The van der Waals surface area contributed by atoms with E-state index in [2.05, 4.69) is 37.1 Å². The second-order valence-electron chi connectivity index (χ2n) is 6.26. The first-order valence-electron chi connectivity index (χ1n) is 9.14. The van der Waals surface area contributed by atoms with Gasteiger partial charge in [0.05, 0.1) is 0 Å². The van der Waals surface area contributed by atoms with Gasteiger partial charge in [-0.1, -0.05) is 18.5 Å². The topological polar surface area (TPSA) is 52.1 Å². The third kappa shape index (κ3) is 8.62. The summed E-state index contributed by atoms with van der Waals surface area (Å²) in [7, 11) is 1.67. The molecule has 0 aliphatic carbocycles. The van der Waals surface area contributed by atoms with Crippen molar-refractivity contribution >= 4 is 41.5 Å². The maximum Gasteiger partial charge on any atom is 0.387 e. The Labute approximate surface area is 187 Å². The summed E-state index contributed by atoms with van der Waals surface area (Å²) in [6.07, 6.45) is 0. The molecule has 2 rings (SSSR count). The van der Waals surface area contributed by atoms with Crippen LogP contribution in [0.2, 0.25) is 5.02 Å². The molecule has 1 aliphatic heterocycles. The van der Waals surface area contributed by atoms with Crippen molar-refractivity contribution in [3.63, 3.8) is 0 Å². The molecule has 0 aromatic heterocycles. The van der Waals surface area contributed by atoms with Crippen molar-refractivity contribution in [3.05, 3.63) is 28.8 Å². The Balaban J connectivity index is 0.00000392. The maximum absolute atomic E-state index is 12.5. The first-order valence-corrected chi connectivity index (χ1v) is 9.52. The van der Waals surface area contributed by atoms with E-state index in [-0.39, 0.29) is 36.3 Å². The number of rotatable bonds is 8. The number of hydrogen-bond donors (Lipinski definition) is 2. The van der Waals surface area contributed by atoms with E-state index in [1.807, 2.05) is 0 Å². The normalized spacial score (nSPS) is 16.0. The summed E-state index contributed by atoms with van der Waals surface area (Å²) < 4.78 is 29.6. The van der Waals surface area contributed by atoms with Gasteiger partial charge in [-0.25, -0.2) is 0 Å². The Morgan fingerprint density at radius 2 is 1.89 bits per heavy atom. The van der Waals surface area contributed by atoms with E-state index in [1.54, 1.807) is 13.1 Å². The lowest BCUT2D eigenvalue weighted by molar-refractivity contribution is -0.0504. The lowest BCUT2D eigenvalue weighted by atomic mass is 10.2. The van der Waals surface area contributed by atoms with Gasteiger partial charge >= 0.3 is 6.61 Å². The molecule has 10 heteroatoms. The van der Waals surface area contributed by atoms with E-state index in [9.17, 15) is 8.78 Å². The van der Waals surface area contributed by atoms with Gasteiger partial charge in [-0.2, -0.15) is 8.78 Å². The monoisotopic (exact) mass is 531 g/mol. The third-order valence-electron chi connectivity index (χ3n) is 4.54. The minimum atomic E-state index is -2.88. The highest BCUT2D eigenvalue weighted by atomic mass is 127. The van der Waals surface area contributed by atoms with Crippen LogP contribution in [-0.2, 0) is 6.54 Å². The fourth-order valence-electron chi connectivity index (χ4n) is 2.96. The third-order valence-corrected chi connectivity index (χ3v) is 4.78. The molecule has 1 fully saturated rings. The van der Waals surface area contributed by atoms with Crippen LogP contribution in [0.3, 0.4) is 0 Å². The lowest BCUT2D eigenvalue weighted by Gasteiger charge is -2.34. The molecule has 0 spiro atoms. The zero-order chi connectivity index (χ0) is 19.6. The number of ether oxygens (including phenoxy) is 1. The largest absolute Gasteiger partial charge is 0.434 e. The quantitative estimate of drug-likeness (QED) is 0.307. The van der Waals surface area contributed by atoms with E-state index in [0.29, 0.717) is 16.5 Å². The van der Waals surface area contributed by atoms with Crippen molar-refractivity contribution < 1.29 is 13.5 Å². The predicted octanol–water partition coefficient (Wildman–Crippen LogP) is 2.86. The second kappa shape index (κ2) is 13.3. The van der Waals surface area contributed by atoms with E-state index < -0.39 is 6.61 Å². The Morgan fingerprint density at radius 1 is 1.21 bits per heavy atom. The summed E-state index contributed by atoms with van der Waals surface area (Å²) >= 11 is 5.97. The van der Waals surface area contributed by atoms with Gasteiger partial charge in [0.1, 0.15) is 5.75 Å². The molecule has 160 valence electrons. The number of alkyl halides is 2. The molecule has 0 radical (unpaired) electrons. The van der Waals surface area contributed by atoms with Crippen LogP contribution in [0.1, 0.15) is 12.5 Å². The Kier molecular flexibility index (Phi) is 12.0. The lowest BCUT2D eigenvalue weighted by Crippen LogP contribution is -2.49. The highest BCUT2D eigenvalue weighted by Crippen LogP contribution is 2.24. The molecule has 1 aromatic rings.